The summed E-state index contributed by atoms with van der Waals surface area (Å²) in [6.07, 6.45) is 5.34. The van der Waals surface area contributed by atoms with Gasteiger partial charge in [-0.25, -0.2) is 0 Å². The summed E-state index contributed by atoms with van der Waals surface area (Å²) in [5.74, 6) is -0.847. The number of rotatable bonds is 25. The molecule has 3 amide bonds. The van der Waals surface area contributed by atoms with Crippen LogP contribution in [0.25, 0.3) is 0 Å². The maximum absolute atomic E-state index is 11.3. The van der Waals surface area contributed by atoms with E-state index in [1.807, 2.05) is 0 Å². The van der Waals surface area contributed by atoms with Gasteiger partial charge in [0.2, 0.25) is 17.7 Å². The highest BCUT2D eigenvalue weighted by Crippen LogP contribution is 2.20. The van der Waals surface area contributed by atoms with Gasteiger partial charge in [-0.05, 0) is 18.2 Å². The first-order valence-corrected chi connectivity index (χ1v) is 11.8. The zero-order chi connectivity index (χ0) is 26.9. The number of amides is 3. The van der Waals surface area contributed by atoms with Gasteiger partial charge in [0.25, 0.3) is 0 Å². The SMILES string of the molecule is C=CCNCCOCC(COCCNC(=O)C=C)(COCCNC(=O)C=C)COCCNC(=O)C=C. The lowest BCUT2D eigenvalue weighted by molar-refractivity contribution is -0.118. The predicted octanol–water partition coefficient (Wildman–Crippen LogP) is -0.279. The van der Waals surface area contributed by atoms with E-state index in [4.69, 9.17) is 18.9 Å². The molecule has 204 valence electrons. The first kappa shape index (κ1) is 33.2. The molecule has 0 atom stereocenters. The lowest BCUT2D eigenvalue weighted by atomic mass is 9.92. The van der Waals surface area contributed by atoms with Crippen LogP contribution in [0.4, 0.5) is 0 Å². The highest BCUT2D eigenvalue weighted by Gasteiger charge is 2.32. The van der Waals surface area contributed by atoms with Crippen LogP contribution in [0.15, 0.2) is 50.6 Å². The highest BCUT2D eigenvalue weighted by atomic mass is 16.5. The first-order valence-electron chi connectivity index (χ1n) is 11.8. The quantitative estimate of drug-likeness (QED) is 0.0748. The van der Waals surface area contributed by atoms with Crippen LogP contribution in [-0.2, 0) is 33.3 Å². The summed E-state index contributed by atoms with van der Waals surface area (Å²) >= 11 is 0. The molecule has 0 aromatic carbocycles. The van der Waals surface area contributed by atoms with E-state index in [2.05, 4.69) is 47.6 Å². The summed E-state index contributed by atoms with van der Waals surface area (Å²) in [5, 5.41) is 11.1. The minimum absolute atomic E-state index is 0.231. The zero-order valence-corrected chi connectivity index (χ0v) is 21.2. The Morgan fingerprint density at radius 1 is 0.583 bits per heavy atom. The smallest absolute Gasteiger partial charge is 0.243 e. The van der Waals surface area contributed by atoms with E-state index in [0.717, 1.165) is 0 Å². The molecule has 0 bridgehead atoms. The van der Waals surface area contributed by atoms with E-state index in [1.54, 1.807) is 6.08 Å². The van der Waals surface area contributed by atoms with Crippen molar-refractivity contribution in [3.63, 3.8) is 0 Å². The van der Waals surface area contributed by atoms with Crippen molar-refractivity contribution >= 4 is 17.7 Å². The van der Waals surface area contributed by atoms with Gasteiger partial charge in [-0.15, -0.1) is 6.58 Å². The molecule has 0 spiro atoms. The number of carbonyl (C=O) groups excluding carboxylic acids is 3. The first-order chi connectivity index (χ1) is 17.4. The van der Waals surface area contributed by atoms with Gasteiger partial charge >= 0.3 is 0 Å². The molecule has 0 saturated carbocycles. The molecule has 0 saturated heterocycles. The minimum atomic E-state index is -0.675. The molecule has 0 unspecified atom stereocenters. The molecular weight excluding hydrogens is 468 g/mol. The summed E-state index contributed by atoms with van der Waals surface area (Å²) in [5.41, 5.74) is -0.675. The van der Waals surface area contributed by atoms with E-state index >= 15 is 0 Å². The third kappa shape index (κ3) is 18.5. The molecule has 36 heavy (non-hydrogen) atoms. The number of hydrogen-bond acceptors (Lipinski definition) is 8. The fourth-order valence-electron chi connectivity index (χ4n) is 2.71. The normalized spacial score (nSPS) is 10.8. The van der Waals surface area contributed by atoms with Gasteiger partial charge in [-0.1, -0.05) is 25.8 Å². The summed E-state index contributed by atoms with van der Waals surface area (Å²) in [6, 6.07) is 0. The van der Waals surface area contributed by atoms with Crippen LogP contribution < -0.4 is 21.3 Å². The molecule has 0 heterocycles. The lowest BCUT2D eigenvalue weighted by Gasteiger charge is -2.33. The van der Waals surface area contributed by atoms with Crippen molar-refractivity contribution < 1.29 is 33.3 Å². The number of ether oxygens (including phenoxy) is 4. The van der Waals surface area contributed by atoms with Gasteiger partial charge in [0.15, 0.2) is 0 Å². The Morgan fingerprint density at radius 2 is 0.917 bits per heavy atom. The van der Waals surface area contributed by atoms with Gasteiger partial charge in [0.1, 0.15) is 0 Å². The maximum Gasteiger partial charge on any atom is 0.243 e. The van der Waals surface area contributed by atoms with Gasteiger partial charge in [0, 0.05) is 32.7 Å². The molecule has 0 aliphatic heterocycles. The Kier molecular flexibility index (Phi) is 20.8. The van der Waals surface area contributed by atoms with Gasteiger partial charge in [-0.3, -0.25) is 14.4 Å². The minimum Gasteiger partial charge on any atom is -0.379 e. The Labute approximate surface area is 214 Å². The predicted molar refractivity (Wildman–Crippen MR) is 138 cm³/mol. The van der Waals surface area contributed by atoms with Crippen molar-refractivity contribution in [2.45, 2.75) is 0 Å². The van der Waals surface area contributed by atoms with Crippen LogP contribution in [0, 0.1) is 5.41 Å². The van der Waals surface area contributed by atoms with Crippen LogP contribution in [0.1, 0.15) is 0 Å². The molecule has 0 aliphatic rings. The standard InChI is InChI=1S/C25H42N4O7/c1-5-9-26-10-14-33-18-25(19-34-15-11-27-22(30)6-2,20-35-16-12-28-23(31)7-3)21-36-17-13-29-24(32)8-4/h5-8,26H,1-4,9-21H2,(H,27,30)(H,28,31)(H,29,32). The molecule has 11 heteroatoms. The maximum atomic E-state index is 11.3. The fraction of sp³-hybridized carbons (Fsp3) is 0.560. The second-order valence-electron chi connectivity index (χ2n) is 7.69. The average molecular weight is 511 g/mol. The topological polar surface area (TPSA) is 136 Å². The third-order valence-electron chi connectivity index (χ3n) is 4.54. The molecule has 0 radical (unpaired) electrons. The molecule has 4 N–H and O–H groups in total. The zero-order valence-electron chi connectivity index (χ0n) is 21.2. The van der Waals surface area contributed by atoms with Crippen molar-refractivity contribution in [1.29, 1.82) is 0 Å². The number of carbonyl (C=O) groups is 3. The molecular formula is C25H42N4O7. The van der Waals surface area contributed by atoms with E-state index in [9.17, 15) is 14.4 Å². The molecule has 0 aromatic heterocycles. The van der Waals surface area contributed by atoms with E-state index in [-0.39, 0.29) is 64.0 Å². The lowest BCUT2D eigenvalue weighted by Crippen LogP contribution is -2.44. The molecule has 0 rings (SSSR count). The summed E-state index contributed by atoms with van der Waals surface area (Å²) in [4.78, 5) is 34.0. The van der Waals surface area contributed by atoms with Crippen molar-refractivity contribution in [3.05, 3.63) is 50.6 Å². The Bertz CT molecular complexity index is 611. The Morgan fingerprint density at radius 3 is 1.22 bits per heavy atom. The van der Waals surface area contributed by atoms with Crippen LogP contribution in [0.3, 0.4) is 0 Å². The Balaban J connectivity index is 5.03. The van der Waals surface area contributed by atoms with Crippen molar-refractivity contribution in [3.8, 4) is 0 Å². The fourth-order valence-corrected chi connectivity index (χ4v) is 2.71. The average Bonchev–Trinajstić information content (AvgIpc) is 2.89. The molecule has 0 aliphatic carbocycles. The van der Waals surface area contributed by atoms with E-state index in [0.29, 0.717) is 39.3 Å². The van der Waals surface area contributed by atoms with Crippen molar-refractivity contribution in [1.82, 2.24) is 21.3 Å². The highest BCUT2D eigenvalue weighted by molar-refractivity contribution is 5.87. The number of hydrogen-bond donors (Lipinski definition) is 4. The van der Waals surface area contributed by atoms with Gasteiger partial charge < -0.3 is 40.2 Å². The molecule has 0 fully saturated rings. The van der Waals surface area contributed by atoms with E-state index < -0.39 is 5.41 Å². The van der Waals surface area contributed by atoms with Crippen molar-refractivity contribution in [2.24, 2.45) is 5.41 Å². The molecule has 0 aromatic rings. The molecule has 11 nitrogen and oxygen atoms in total. The van der Waals surface area contributed by atoms with Gasteiger partial charge in [0.05, 0.1) is 58.3 Å². The van der Waals surface area contributed by atoms with Gasteiger partial charge in [-0.2, -0.15) is 0 Å². The van der Waals surface area contributed by atoms with Crippen molar-refractivity contribution in [2.75, 3.05) is 85.6 Å². The van der Waals surface area contributed by atoms with Crippen LogP contribution in [0.2, 0.25) is 0 Å². The van der Waals surface area contributed by atoms with E-state index in [1.165, 1.54) is 18.2 Å². The monoisotopic (exact) mass is 510 g/mol. The third-order valence-corrected chi connectivity index (χ3v) is 4.54. The Hall–Kier alpha value is -2.83. The van der Waals surface area contributed by atoms with Crippen LogP contribution in [0.5, 0.6) is 0 Å². The summed E-state index contributed by atoms with van der Waals surface area (Å²) in [7, 11) is 0. The number of nitrogens with one attached hydrogen (secondary N) is 4. The second-order valence-corrected chi connectivity index (χ2v) is 7.69. The summed E-state index contributed by atoms with van der Waals surface area (Å²) < 4.78 is 23.4. The largest absolute Gasteiger partial charge is 0.379 e. The van der Waals surface area contributed by atoms with Crippen LogP contribution in [-0.4, -0.2) is 103 Å². The van der Waals surface area contributed by atoms with Crippen LogP contribution >= 0.6 is 0 Å². The summed E-state index contributed by atoms with van der Waals surface area (Å²) in [6.45, 7) is 18.4. The second kappa shape index (κ2) is 22.6.